The van der Waals surface area contributed by atoms with Crippen LogP contribution >= 0.6 is 7.60 Å². The number of nitrogens with zero attached hydrogens (tertiary/aromatic N) is 1. The summed E-state index contributed by atoms with van der Waals surface area (Å²) in [6, 6.07) is 0. The maximum Gasteiger partial charge on any atom is 0.331 e. The quantitative estimate of drug-likeness (QED) is 0.614. The number of hydrogen-bond donors (Lipinski definition) is 0. The van der Waals surface area contributed by atoms with E-state index in [0.29, 0.717) is 78.8 Å². The summed E-state index contributed by atoms with van der Waals surface area (Å²) in [6.45, 7) is 11.0. The van der Waals surface area contributed by atoms with Gasteiger partial charge in [0.05, 0.1) is 72.2 Å². The molecular formula is C16H34NO7P. The Morgan fingerprint density at radius 2 is 1.16 bits per heavy atom. The minimum atomic E-state index is -3.03. The van der Waals surface area contributed by atoms with Crippen LogP contribution < -0.4 is 0 Å². The van der Waals surface area contributed by atoms with Gasteiger partial charge in [-0.25, -0.2) is 0 Å². The molecule has 0 N–H and O–H groups in total. The molecule has 0 aromatic heterocycles. The van der Waals surface area contributed by atoms with Crippen LogP contribution in [0.1, 0.15) is 13.8 Å². The summed E-state index contributed by atoms with van der Waals surface area (Å²) in [5.41, 5.74) is 0. The molecule has 9 heteroatoms. The van der Waals surface area contributed by atoms with Gasteiger partial charge in [0.2, 0.25) is 0 Å². The van der Waals surface area contributed by atoms with Gasteiger partial charge in [0, 0.05) is 19.6 Å². The van der Waals surface area contributed by atoms with Crippen molar-refractivity contribution in [1.82, 2.24) is 4.90 Å². The Kier molecular flexibility index (Phi) is 13.8. The molecule has 150 valence electrons. The third-order valence-corrected chi connectivity index (χ3v) is 5.61. The van der Waals surface area contributed by atoms with Crippen molar-refractivity contribution in [2.24, 2.45) is 0 Å². The lowest BCUT2D eigenvalue weighted by Gasteiger charge is -2.24. The second-order valence-corrected chi connectivity index (χ2v) is 7.65. The van der Waals surface area contributed by atoms with Gasteiger partial charge in [-0.15, -0.1) is 0 Å². The molecule has 0 aliphatic carbocycles. The second kappa shape index (κ2) is 15.1. The number of hydrogen-bond acceptors (Lipinski definition) is 8. The summed E-state index contributed by atoms with van der Waals surface area (Å²) in [7, 11) is -3.03. The van der Waals surface area contributed by atoms with Crippen LogP contribution in [0.5, 0.6) is 0 Å². The maximum atomic E-state index is 12.6. The van der Waals surface area contributed by atoms with Gasteiger partial charge in [-0.3, -0.25) is 9.46 Å². The minimum Gasteiger partial charge on any atom is -0.378 e. The summed E-state index contributed by atoms with van der Waals surface area (Å²) >= 11 is 0. The van der Waals surface area contributed by atoms with Crippen molar-refractivity contribution < 1.29 is 32.6 Å². The van der Waals surface area contributed by atoms with E-state index in [-0.39, 0.29) is 0 Å². The third-order valence-electron chi connectivity index (χ3n) is 3.56. The lowest BCUT2D eigenvalue weighted by molar-refractivity contribution is 0.00206. The molecule has 8 nitrogen and oxygen atoms in total. The first-order chi connectivity index (χ1) is 12.2. The van der Waals surface area contributed by atoms with Crippen LogP contribution in [-0.4, -0.2) is 96.8 Å². The van der Waals surface area contributed by atoms with Crippen molar-refractivity contribution in [3.05, 3.63) is 0 Å². The van der Waals surface area contributed by atoms with Crippen LogP contribution in [0.25, 0.3) is 0 Å². The van der Waals surface area contributed by atoms with E-state index < -0.39 is 7.60 Å². The summed E-state index contributed by atoms with van der Waals surface area (Å²) in [6.07, 6.45) is 0.362. The van der Waals surface area contributed by atoms with Crippen LogP contribution in [-0.2, 0) is 32.6 Å². The predicted octanol–water partition coefficient (Wildman–Crippen LogP) is 1.63. The van der Waals surface area contributed by atoms with Crippen LogP contribution in [0.2, 0.25) is 0 Å². The van der Waals surface area contributed by atoms with Crippen LogP contribution in [0.3, 0.4) is 0 Å². The largest absolute Gasteiger partial charge is 0.378 e. The maximum absolute atomic E-state index is 12.6. The zero-order valence-electron chi connectivity index (χ0n) is 15.7. The molecule has 0 aromatic carbocycles. The summed E-state index contributed by atoms with van der Waals surface area (Å²) < 4.78 is 45.3. The zero-order chi connectivity index (χ0) is 18.2. The molecule has 1 aliphatic heterocycles. The van der Waals surface area contributed by atoms with E-state index in [1.165, 1.54) is 0 Å². The normalized spacial score (nSPS) is 20.7. The highest BCUT2D eigenvalue weighted by atomic mass is 31.2. The molecular weight excluding hydrogens is 349 g/mol. The molecule has 1 saturated heterocycles. The number of ether oxygens (including phenoxy) is 4. The molecule has 0 amide bonds. The van der Waals surface area contributed by atoms with Crippen molar-refractivity contribution in [3.8, 4) is 0 Å². The molecule has 0 unspecified atom stereocenters. The Morgan fingerprint density at radius 1 is 0.760 bits per heavy atom. The Labute approximate surface area is 151 Å². The van der Waals surface area contributed by atoms with E-state index in [1.807, 2.05) is 13.8 Å². The van der Waals surface area contributed by atoms with Gasteiger partial charge < -0.3 is 28.0 Å². The van der Waals surface area contributed by atoms with E-state index in [1.54, 1.807) is 0 Å². The van der Waals surface area contributed by atoms with Crippen LogP contribution in [0.4, 0.5) is 0 Å². The van der Waals surface area contributed by atoms with E-state index in [4.69, 9.17) is 28.0 Å². The van der Waals surface area contributed by atoms with E-state index >= 15 is 0 Å². The summed E-state index contributed by atoms with van der Waals surface area (Å²) in [4.78, 5) is 2.16. The van der Waals surface area contributed by atoms with Gasteiger partial charge in [-0.05, 0) is 13.8 Å². The van der Waals surface area contributed by atoms with Gasteiger partial charge in [0.1, 0.15) is 0 Å². The lowest BCUT2D eigenvalue weighted by atomic mass is 10.4. The third kappa shape index (κ3) is 12.0. The first-order valence-electron chi connectivity index (χ1n) is 9.11. The van der Waals surface area contributed by atoms with Crippen LogP contribution in [0, 0.1) is 0 Å². The van der Waals surface area contributed by atoms with Crippen molar-refractivity contribution in [3.63, 3.8) is 0 Å². The van der Waals surface area contributed by atoms with E-state index in [9.17, 15) is 4.57 Å². The molecule has 25 heavy (non-hydrogen) atoms. The van der Waals surface area contributed by atoms with Gasteiger partial charge in [0.25, 0.3) is 0 Å². The summed E-state index contributed by atoms with van der Waals surface area (Å²) in [5.74, 6) is 0. The molecule has 1 heterocycles. The first-order valence-corrected chi connectivity index (χ1v) is 10.8. The standard InChI is InChI=1S/C16H34NO7P/c1-3-23-25(18,24-4-2)16-7-17-5-8-19-10-12-21-14-15-22-13-11-20-9-6-17/h3-16H2,1-2H3. The highest BCUT2D eigenvalue weighted by Crippen LogP contribution is 2.47. The highest BCUT2D eigenvalue weighted by Gasteiger charge is 2.24. The molecule has 0 spiro atoms. The monoisotopic (exact) mass is 383 g/mol. The van der Waals surface area contributed by atoms with Gasteiger partial charge in [-0.1, -0.05) is 0 Å². The molecule has 0 atom stereocenters. The first kappa shape index (κ1) is 23.0. The minimum absolute atomic E-state index is 0.362. The second-order valence-electron chi connectivity index (χ2n) is 5.46. The molecule has 0 aromatic rings. The molecule has 1 fully saturated rings. The fraction of sp³-hybridized carbons (Fsp3) is 1.00. The van der Waals surface area contributed by atoms with Gasteiger partial charge in [-0.2, -0.15) is 0 Å². The average molecular weight is 383 g/mol. The average Bonchev–Trinajstić information content (AvgIpc) is 2.60. The van der Waals surface area contributed by atoms with Crippen LogP contribution in [0.15, 0.2) is 0 Å². The summed E-state index contributed by atoms with van der Waals surface area (Å²) in [5, 5.41) is 0. The topological polar surface area (TPSA) is 75.7 Å². The lowest BCUT2D eigenvalue weighted by Crippen LogP contribution is -2.34. The molecule has 1 rings (SSSR count). The van der Waals surface area contributed by atoms with Gasteiger partial charge in [0.15, 0.2) is 0 Å². The number of rotatable bonds is 7. The Bertz CT molecular complexity index is 333. The van der Waals surface area contributed by atoms with Crippen molar-refractivity contribution in [2.75, 3.05) is 91.9 Å². The smallest absolute Gasteiger partial charge is 0.331 e. The highest BCUT2D eigenvalue weighted by molar-refractivity contribution is 7.53. The predicted molar refractivity (Wildman–Crippen MR) is 95.4 cm³/mol. The van der Waals surface area contributed by atoms with Crippen molar-refractivity contribution in [2.45, 2.75) is 13.8 Å². The molecule has 0 radical (unpaired) electrons. The molecule has 0 bridgehead atoms. The van der Waals surface area contributed by atoms with E-state index in [0.717, 1.165) is 13.1 Å². The van der Waals surface area contributed by atoms with Crippen molar-refractivity contribution in [1.29, 1.82) is 0 Å². The molecule has 0 saturated carbocycles. The Balaban J connectivity index is 2.43. The zero-order valence-corrected chi connectivity index (χ0v) is 16.5. The Morgan fingerprint density at radius 3 is 1.56 bits per heavy atom. The fourth-order valence-electron chi connectivity index (χ4n) is 2.31. The fourth-order valence-corrected chi connectivity index (χ4v) is 3.96. The molecule has 1 aliphatic rings. The van der Waals surface area contributed by atoms with E-state index in [2.05, 4.69) is 4.90 Å². The van der Waals surface area contributed by atoms with Gasteiger partial charge >= 0.3 is 7.60 Å². The Hall–Kier alpha value is -0.0500. The van der Waals surface area contributed by atoms with Crippen molar-refractivity contribution >= 4 is 7.60 Å². The SMILES string of the molecule is CCOP(=O)(CCN1CCOCCOCCOCCOCC1)OCC.